The first-order valence-corrected chi connectivity index (χ1v) is 7.81. The monoisotopic (exact) mass is 303 g/mol. The van der Waals surface area contributed by atoms with E-state index in [4.69, 9.17) is 0 Å². The maximum absolute atomic E-state index is 9.90. The SMILES string of the molecule is CC(C)(C)c1ccc(/C=C/c2ccc3cccc(O)c3n2)cc1. The molecule has 0 fully saturated rings. The Morgan fingerprint density at radius 1 is 0.870 bits per heavy atom. The summed E-state index contributed by atoms with van der Waals surface area (Å²) < 4.78 is 0. The Morgan fingerprint density at radius 3 is 2.30 bits per heavy atom. The van der Waals surface area contributed by atoms with Gasteiger partial charge in [0.05, 0.1) is 5.69 Å². The molecule has 0 aliphatic carbocycles. The normalized spacial score (nSPS) is 12.1. The number of hydrogen-bond acceptors (Lipinski definition) is 2. The zero-order valence-corrected chi connectivity index (χ0v) is 13.7. The van der Waals surface area contributed by atoms with Gasteiger partial charge in [-0.2, -0.15) is 0 Å². The fraction of sp³-hybridized carbons (Fsp3) is 0.190. The number of fused-ring (bicyclic) bond motifs is 1. The highest BCUT2D eigenvalue weighted by Crippen LogP contribution is 2.24. The molecule has 1 aromatic heterocycles. The predicted octanol–water partition coefficient (Wildman–Crippen LogP) is 5.41. The lowest BCUT2D eigenvalue weighted by Gasteiger charge is -2.18. The molecule has 23 heavy (non-hydrogen) atoms. The molecular weight excluding hydrogens is 282 g/mol. The minimum Gasteiger partial charge on any atom is -0.506 e. The van der Waals surface area contributed by atoms with Crippen LogP contribution in [0.3, 0.4) is 0 Å². The molecule has 2 heteroatoms. The molecule has 0 bridgehead atoms. The van der Waals surface area contributed by atoms with E-state index in [9.17, 15) is 5.11 Å². The molecule has 2 aromatic carbocycles. The maximum atomic E-state index is 9.90. The summed E-state index contributed by atoms with van der Waals surface area (Å²) >= 11 is 0. The standard InChI is InChI=1S/C21H21NO/c1-21(2,3)17-11-7-15(8-12-17)9-13-18-14-10-16-5-4-6-19(23)20(16)22-18/h4-14,23H,1-3H3/b13-9+. The molecule has 0 atom stereocenters. The van der Waals surface area contributed by atoms with Crippen molar-refractivity contribution < 1.29 is 5.11 Å². The van der Waals surface area contributed by atoms with Gasteiger partial charge in [0.15, 0.2) is 0 Å². The van der Waals surface area contributed by atoms with E-state index in [0.717, 1.165) is 16.6 Å². The lowest BCUT2D eigenvalue weighted by atomic mass is 9.87. The van der Waals surface area contributed by atoms with E-state index in [1.807, 2.05) is 36.4 Å². The summed E-state index contributed by atoms with van der Waals surface area (Å²) in [5.41, 5.74) is 4.09. The van der Waals surface area contributed by atoms with Gasteiger partial charge in [-0.3, -0.25) is 0 Å². The van der Waals surface area contributed by atoms with Crippen molar-refractivity contribution in [3.63, 3.8) is 0 Å². The van der Waals surface area contributed by atoms with E-state index in [2.05, 4.69) is 50.0 Å². The van der Waals surface area contributed by atoms with Gasteiger partial charge in [-0.15, -0.1) is 0 Å². The molecule has 0 aliphatic heterocycles. The number of aromatic hydroxyl groups is 1. The van der Waals surface area contributed by atoms with Gasteiger partial charge < -0.3 is 5.11 Å². The van der Waals surface area contributed by atoms with E-state index >= 15 is 0 Å². The topological polar surface area (TPSA) is 33.1 Å². The van der Waals surface area contributed by atoms with Crippen molar-refractivity contribution in [2.45, 2.75) is 26.2 Å². The first-order valence-electron chi connectivity index (χ1n) is 7.81. The first kappa shape index (κ1) is 15.3. The van der Waals surface area contributed by atoms with Crippen LogP contribution in [0.2, 0.25) is 0 Å². The summed E-state index contributed by atoms with van der Waals surface area (Å²) in [6, 6.07) is 17.9. The summed E-state index contributed by atoms with van der Waals surface area (Å²) in [6.45, 7) is 6.63. The molecule has 0 aliphatic rings. The Bertz CT molecular complexity index is 855. The smallest absolute Gasteiger partial charge is 0.141 e. The third-order valence-electron chi connectivity index (χ3n) is 3.94. The Kier molecular flexibility index (Phi) is 3.91. The number of nitrogens with zero attached hydrogens (tertiary/aromatic N) is 1. The minimum atomic E-state index is 0.166. The highest BCUT2D eigenvalue weighted by Gasteiger charge is 2.12. The van der Waals surface area contributed by atoms with Crippen LogP contribution in [0.4, 0.5) is 0 Å². The number of benzene rings is 2. The van der Waals surface area contributed by atoms with Crippen LogP contribution >= 0.6 is 0 Å². The zero-order valence-electron chi connectivity index (χ0n) is 13.7. The summed E-state index contributed by atoms with van der Waals surface area (Å²) in [7, 11) is 0. The van der Waals surface area contributed by atoms with Crippen LogP contribution in [0, 0.1) is 0 Å². The molecule has 0 radical (unpaired) electrons. The van der Waals surface area contributed by atoms with Crippen LogP contribution < -0.4 is 0 Å². The van der Waals surface area contributed by atoms with Crippen molar-refractivity contribution >= 4 is 23.1 Å². The first-order chi connectivity index (χ1) is 10.9. The number of hydrogen-bond donors (Lipinski definition) is 1. The maximum Gasteiger partial charge on any atom is 0.141 e. The molecule has 3 aromatic rings. The Hall–Kier alpha value is -2.61. The summed E-state index contributed by atoms with van der Waals surface area (Å²) in [5.74, 6) is 0.215. The molecule has 1 heterocycles. The Balaban J connectivity index is 1.86. The Morgan fingerprint density at radius 2 is 1.61 bits per heavy atom. The average Bonchev–Trinajstić information content (AvgIpc) is 2.53. The largest absolute Gasteiger partial charge is 0.506 e. The second-order valence-electron chi connectivity index (χ2n) is 6.79. The van der Waals surface area contributed by atoms with Gasteiger partial charge in [0.1, 0.15) is 11.3 Å². The number of pyridine rings is 1. The lowest BCUT2D eigenvalue weighted by molar-refractivity contribution is 0.480. The number of aromatic nitrogens is 1. The quantitative estimate of drug-likeness (QED) is 0.686. The van der Waals surface area contributed by atoms with Crippen LogP contribution in [0.5, 0.6) is 5.75 Å². The molecular formula is C21H21NO. The van der Waals surface area contributed by atoms with E-state index < -0.39 is 0 Å². The average molecular weight is 303 g/mol. The number of rotatable bonds is 2. The van der Waals surface area contributed by atoms with Crippen LogP contribution in [0.25, 0.3) is 23.1 Å². The van der Waals surface area contributed by atoms with E-state index in [1.165, 1.54) is 5.56 Å². The summed E-state index contributed by atoms with van der Waals surface area (Å²) in [6.07, 6.45) is 4.01. The molecule has 0 unspecified atom stereocenters. The number of phenols is 1. The van der Waals surface area contributed by atoms with E-state index in [0.29, 0.717) is 5.52 Å². The number of para-hydroxylation sites is 1. The van der Waals surface area contributed by atoms with Crippen LogP contribution in [-0.2, 0) is 5.41 Å². The fourth-order valence-electron chi connectivity index (χ4n) is 2.52. The van der Waals surface area contributed by atoms with Gasteiger partial charge >= 0.3 is 0 Å². The van der Waals surface area contributed by atoms with Crippen molar-refractivity contribution in [3.05, 3.63) is 71.4 Å². The molecule has 0 saturated heterocycles. The predicted molar refractivity (Wildman–Crippen MR) is 97.5 cm³/mol. The lowest BCUT2D eigenvalue weighted by Crippen LogP contribution is -2.10. The van der Waals surface area contributed by atoms with Gasteiger partial charge in [-0.25, -0.2) is 4.98 Å². The Labute approximate surface area is 137 Å². The second kappa shape index (κ2) is 5.88. The molecule has 1 N–H and O–H groups in total. The van der Waals surface area contributed by atoms with E-state index in [-0.39, 0.29) is 11.2 Å². The molecule has 116 valence electrons. The molecule has 2 nitrogen and oxygen atoms in total. The minimum absolute atomic E-state index is 0.166. The van der Waals surface area contributed by atoms with Crippen molar-refractivity contribution in [3.8, 4) is 5.75 Å². The van der Waals surface area contributed by atoms with Crippen LogP contribution in [0.1, 0.15) is 37.6 Å². The van der Waals surface area contributed by atoms with Crippen molar-refractivity contribution in [2.75, 3.05) is 0 Å². The van der Waals surface area contributed by atoms with Gasteiger partial charge in [0.2, 0.25) is 0 Å². The van der Waals surface area contributed by atoms with Gasteiger partial charge in [-0.05, 0) is 34.8 Å². The highest BCUT2D eigenvalue weighted by molar-refractivity contribution is 5.85. The van der Waals surface area contributed by atoms with E-state index in [1.54, 1.807) is 6.07 Å². The third-order valence-corrected chi connectivity index (χ3v) is 3.94. The summed E-state index contributed by atoms with van der Waals surface area (Å²) in [4.78, 5) is 4.51. The van der Waals surface area contributed by atoms with Gasteiger partial charge in [-0.1, -0.05) is 69.3 Å². The van der Waals surface area contributed by atoms with Crippen LogP contribution in [-0.4, -0.2) is 10.1 Å². The molecule has 0 saturated carbocycles. The molecule has 0 spiro atoms. The molecule has 3 rings (SSSR count). The fourth-order valence-corrected chi connectivity index (χ4v) is 2.52. The van der Waals surface area contributed by atoms with Crippen molar-refractivity contribution in [2.24, 2.45) is 0 Å². The zero-order chi connectivity index (χ0) is 16.4. The van der Waals surface area contributed by atoms with Crippen molar-refractivity contribution in [1.29, 1.82) is 0 Å². The van der Waals surface area contributed by atoms with Crippen molar-refractivity contribution in [1.82, 2.24) is 4.98 Å². The second-order valence-corrected chi connectivity index (χ2v) is 6.79. The third kappa shape index (κ3) is 3.42. The van der Waals surface area contributed by atoms with Gasteiger partial charge in [0, 0.05) is 5.39 Å². The summed E-state index contributed by atoms with van der Waals surface area (Å²) in [5, 5.41) is 10.8. The van der Waals surface area contributed by atoms with Gasteiger partial charge in [0.25, 0.3) is 0 Å². The number of phenolic OH excluding ortho intramolecular Hbond substituents is 1. The van der Waals surface area contributed by atoms with Crippen LogP contribution in [0.15, 0.2) is 54.6 Å². The highest BCUT2D eigenvalue weighted by atomic mass is 16.3. The molecule has 0 amide bonds.